The number of aliphatic imine (C=N–C) groups is 1. The second kappa shape index (κ2) is 6.64. The van der Waals surface area contributed by atoms with Gasteiger partial charge in [0.25, 0.3) is 0 Å². The average Bonchev–Trinajstić information content (AvgIpc) is 2.39. The maximum absolute atomic E-state index is 13.3. The minimum absolute atomic E-state index is 0.0204. The smallest absolute Gasteiger partial charge is 0.248 e. The molecule has 0 spiro atoms. The highest BCUT2D eigenvalue weighted by atomic mass is 19.3. The molecule has 20 heavy (non-hydrogen) atoms. The first-order valence-corrected chi connectivity index (χ1v) is 7.45. The molecule has 1 nitrogen and oxygen atoms in total. The highest BCUT2D eigenvalue weighted by Gasteiger charge is 2.42. The van der Waals surface area contributed by atoms with Crippen molar-refractivity contribution in [2.45, 2.75) is 58.8 Å². The summed E-state index contributed by atoms with van der Waals surface area (Å²) >= 11 is 0. The molecule has 0 heterocycles. The molecular formula is C17H27F2N. The van der Waals surface area contributed by atoms with Crippen LogP contribution < -0.4 is 0 Å². The summed E-state index contributed by atoms with van der Waals surface area (Å²) in [6.45, 7) is 15.1. The molecule has 3 heteroatoms. The van der Waals surface area contributed by atoms with E-state index in [9.17, 15) is 8.78 Å². The molecule has 1 unspecified atom stereocenters. The summed E-state index contributed by atoms with van der Waals surface area (Å²) in [6, 6.07) is 0. The highest BCUT2D eigenvalue weighted by molar-refractivity contribution is 5.77. The molecule has 0 bridgehead atoms. The van der Waals surface area contributed by atoms with Crippen molar-refractivity contribution in [1.29, 1.82) is 0 Å². The van der Waals surface area contributed by atoms with Gasteiger partial charge in [0.1, 0.15) is 0 Å². The Morgan fingerprint density at radius 1 is 1.25 bits per heavy atom. The van der Waals surface area contributed by atoms with Crippen LogP contribution >= 0.6 is 0 Å². The van der Waals surface area contributed by atoms with Crippen molar-refractivity contribution in [3.63, 3.8) is 0 Å². The molecule has 0 aliphatic heterocycles. The Bertz CT molecular complexity index is 386. The zero-order valence-electron chi connectivity index (χ0n) is 13.0. The van der Waals surface area contributed by atoms with Gasteiger partial charge in [-0.2, -0.15) is 0 Å². The molecule has 1 atom stereocenters. The molecule has 1 aliphatic rings. The van der Waals surface area contributed by atoms with Gasteiger partial charge in [0.2, 0.25) is 5.92 Å². The van der Waals surface area contributed by atoms with Crippen LogP contribution in [0.2, 0.25) is 0 Å². The summed E-state index contributed by atoms with van der Waals surface area (Å²) in [7, 11) is 0. The number of rotatable bonds is 6. The normalized spacial score (nSPS) is 22.6. The van der Waals surface area contributed by atoms with E-state index in [-0.39, 0.29) is 24.2 Å². The second-order valence-corrected chi connectivity index (χ2v) is 6.33. The fourth-order valence-electron chi connectivity index (χ4n) is 2.87. The lowest BCUT2D eigenvalue weighted by atomic mass is 9.66. The monoisotopic (exact) mass is 283 g/mol. The van der Waals surface area contributed by atoms with E-state index in [1.807, 2.05) is 6.92 Å². The van der Waals surface area contributed by atoms with Crippen molar-refractivity contribution in [2.75, 3.05) is 6.54 Å². The zero-order valence-corrected chi connectivity index (χ0v) is 13.0. The predicted octanol–water partition coefficient (Wildman–Crippen LogP) is 5.43. The van der Waals surface area contributed by atoms with E-state index >= 15 is 0 Å². The third-order valence-electron chi connectivity index (χ3n) is 4.48. The summed E-state index contributed by atoms with van der Waals surface area (Å²) in [4.78, 5) is 4.18. The molecule has 0 amide bonds. The first-order chi connectivity index (χ1) is 9.20. The zero-order chi connectivity index (χ0) is 15.4. The van der Waals surface area contributed by atoms with Crippen LogP contribution in [0, 0.1) is 11.3 Å². The van der Waals surface area contributed by atoms with Crippen molar-refractivity contribution >= 4 is 6.21 Å². The van der Waals surface area contributed by atoms with Crippen molar-refractivity contribution in [2.24, 2.45) is 16.3 Å². The number of nitrogens with zero attached hydrogens (tertiary/aromatic N) is 1. The van der Waals surface area contributed by atoms with Gasteiger partial charge in [0, 0.05) is 25.6 Å². The van der Waals surface area contributed by atoms with Gasteiger partial charge >= 0.3 is 0 Å². The summed E-state index contributed by atoms with van der Waals surface area (Å²) in [5.74, 6) is -2.23. The first kappa shape index (κ1) is 17.1. The van der Waals surface area contributed by atoms with Crippen molar-refractivity contribution < 1.29 is 8.78 Å². The Morgan fingerprint density at radius 2 is 1.80 bits per heavy atom. The average molecular weight is 283 g/mol. The fourth-order valence-corrected chi connectivity index (χ4v) is 2.87. The second-order valence-electron chi connectivity index (χ2n) is 6.33. The molecule has 0 aromatic rings. The molecule has 1 fully saturated rings. The summed E-state index contributed by atoms with van der Waals surface area (Å²) in [5, 5.41) is 0. The Kier molecular flexibility index (Phi) is 5.67. The van der Waals surface area contributed by atoms with E-state index in [2.05, 4.69) is 32.0 Å². The summed E-state index contributed by atoms with van der Waals surface area (Å²) in [6.07, 6.45) is 3.62. The molecule has 0 N–H and O–H groups in total. The van der Waals surface area contributed by atoms with Gasteiger partial charge in [-0.1, -0.05) is 32.6 Å². The summed E-state index contributed by atoms with van der Waals surface area (Å²) in [5.41, 5.74) is 1.90. The SMILES string of the molecule is C=C(/C=N/CC)CC(C)C(=C)C1(C)CCC(F)(F)CC1. The minimum Gasteiger partial charge on any atom is -0.293 e. The van der Waals surface area contributed by atoms with Gasteiger partial charge in [0.05, 0.1) is 0 Å². The molecule has 1 aliphatic carbocycles. The predicted molar refractivity (Wildman–Crippen MR) is 82.6 cm³/mol. The van der Waals surface area contributed by atoms with Crippen LogP contribution in [0.4, 0.5) is 8.78 Å². The lowest BCUT2D eigenvalue weighted by Crippen LogP contribution is -2.34. The topological polar surface area (TPSA) is 12.4 Å². The van der Waals surface area contributed by atoms with Gasteiger partial charge in [-0.05, 0) is 43.1 Å². The Morgan fingerprint density at radius 3 is 2.30 bits per heavy atom. The van der Waals surface area contributed by atoms with Crippen LogP contribution in [-0.2, 0) is 0 Å². The molecule has 1 rings (SSSR count). The molecule has 0 aromatic carbocycles. The van der Waals surface area contributed by atoms with Crippen molar-refractivity contribution in [3.8, 4) is 0 Å². The van der Waals surface area contributed by atoms with Crippen molar-refractivity contribution in [1.82, 2.24) is 0 Å². The largest absolute Gasteiger partial charge is 0.293 e. The molecular weight excluding hydrogens is 256 g/mol. The van der Waals surface area contributed by atoms with Crippen LogP contribution in [0.5, 0.6) is 0 Å². The number of hydrogen-bond acceptors (Lipinski definition) is 1. The number of alkyl halides is 2. The van der Waals surface area contributed by atoms with Gasteiger partial charge in [-0.15, -0.1) is 0 Å². The highest BCUT2D eigenvalue weighted by Crippen LogP contribution is 2.49. The van der Waals surface area contributed by atoms with Crippen LogP contribution in [-0.4, -0.2) is 18.7 Å². The Balaban J connectivity index is 2.60. The van der Waals surface area contributed by atoms with Gasteiger partial charge in [-0.3, -0.25) is 4.99 Å². The van der Waals surface area contributed by atoms with Gasteiger partial charge in [0.15, 0.2) is 0 Å². The van der Waals surface area contributed by atoms with Crippen LogP contribution in [0.25, 0.3) is 0 Å². The third-order valence-corrected chi connectivity index (χ3v) is 4.48. The van der Waals surface area contributed by atoms with Crippen LogP contribution in [0.1, 0.15) is 52.9 Å². The molecule has 0 aromatic heterocycles. The summed E-state index contributed by atoms with van der Waals surface area (Å²) < 4.78 is 26.6. The molecule has 0 saturated heterocycles. The van der Waals surface area contributed by atoms with E-state index < -0.39 is 5.92 Å². The number of hydrogen-bond donors (Lipinski definition) is 0. The van der Waals surface area contributed by atoms with Gasteiger partial charge < -0.3 is 0 Å². The van der Waals surface area contributed by atoms with E-state index in [4.69, 9.17) is 0 Å². The van der Waals surface area contributed by atoms with E-state index in [0.29, 0.717) is 12.8 Å². The fraction of sp³-hybridized carbons (Fsp3) is 0.706. The Hall–Kier alpha value is -0.990. The molecule has 0 radical (unpaired) electrons. The quantitative estimate of drug-likeness (QED) is 0.455. The van der Waals surface area contributed by atoms with Crippen molar-refractivity contribution in [3.05, 3.63) is 24.3 Å². The van der Waals surface area contributed by atoms with E-state index in [0.717, 1.165) is 24.1 Å². The number of allylic oxidation sites excluding steroid dienone is 2. The van der Waals surface area contributed by atoms with E-state index in [1.165, 1.54) is 0 Å². The molecule has 1 saturated carbocycles. The third kappa shape index (κ3) is 4.53. The maximum atomic E-state index is 13.3. The molecule has 114 valence electrons. The van der Waals surface area contributed by atoms with Crippen LogP contribution in [0.3, 0.4) is 0 Å². The number of halogens is 2. The van der Waals surface area contributed by atoms with E-state index in [1.54, 1.807) is 6.21 Å². The van der Waals surface area contributed by atoms with Gasteiger partial charge in [-0.25, -0.2) is 8.78 Å². The standard InChI is InChI=1S/C17H27F2N/c1-6-20-12-13(2)11-14(3)15(4)16(5)7-9-17(18,19)10-8-16/h12,14H,2,4,6-11H2,1,3,5H3/b20-12+. The maximum Gasteiger partial charge on any atom is 0.248 e. The minimum atomic E-state index is -2.49. The van der Waals surface area contributed by atoms with Crippen LogP contribution in [0.15, 0.2) is 29.3 Å². The first-order valence-electron chi connectivity index (χ1n) is 7.45. The lowest BCUT2D eigenvalue weighted by molar-refractivity contribution is -0.0578. The Labute approximate surface area is 121 Å². The lowest BCUT2D eigenvalue weighted by Gasteiger charge is -2.41.